The maximum atomic E-state index is 3.36. The van der Waals surface area contributed by atoms with E-state index in [1.54, 1.807) is 0 Å². The van der Waals surface area contributed by atoms with Crippen molar-refractivity contribution < 1.29 is 0 Å². The van der Waals surface area contributed by atoms with Crippen molar-refractivity contribution in [2.75, 3.05) is 0 Å². The standard InChI is InChI=1S/C19H16N2/c1-4-10-19(21-11-5-6-12-21)15(7-1)13-16-14-20-18-9-3-2-8-17(16)18/h1-12,14,20H,13H2. The summed E-state index contributed by atoms with van der Waals surface area (Å²) in [6, 6.07) is 21.2. The van der Waals surface area contributed by atoms with Gasteiger partial charge in [0.2, 0.25) is 0 Å². The molecule has 0 aliphatic rings. The van der Waals surface area contributed by atoms with Crippen molar-refractivity contribution in [1.29, 1.82) is 0 Å². The summed E-state index contributed by atoms with van der Waals surface area (Å²) in [6.07, 6.45) is 7.23. The highest BCUT2D eigenvalue weighted by Gasteiger charge is 2.08. The maximum Gasteiger partial charge on any atom is 0.0484 e. The Morgan fingerprint density at radius 3 is 2.43 bits per heavy atom. The Balaban J connectivity index is 1.78. The van der Waals surface area contributed by atoms with Crippen LogP contribution in [-0.2, 0) is 6.42 Å². The molecule has 0 fully saturated rings. The zero-order valence-electron chi connectivity index (χ0n) is 11.7. The van der Waals surface area contributed by atoms with Crippen LogP contribution in [0.15, 0.2) is 79.3 Å². The van der Waals surface area contributed by atoms with Gasteiger partial charge in [0.05, 0.1) is 0 Å². The van der Waals surface area contributed by atoms with E-state index in [0.29, 0.717) is 0 Å². The summed E-state index contributed by atoms with van der Waals surface area (Å²) in [5, 5.41) is 1.31. The monoisotopic (exact) mass is 272 g/mol. The molecular weight excluding hydrogens is 256 g/mol. The third kappa shape index (κ3) is 2.15. The van der Waals surface area contributed by atoms with Gasteiger partial charge in [-0.2, -0.15) is 0 Å². The number of benzene rings is 2. The van der Waals surface area contributed by atoms with Crippen LogP contribution in [0.1, 0.15) is 11.1 Å². The summed E-state index contributed by atoms with van der Waals surface area (Å²) in [5.74, 6) is 0. The van der Waals surface area contributed by atoms with Gasteiger partial charge >= 0.3 is 0 Å². The number of H-pyrrole nitrogens is 1. The molecule has 0 atom stereocenters. The molecule has 21 heavy (non-hydrogen) atoms. The first kappa shape index (κ1) is 12.0. The Morgan fingerprint density at radius 1 is 0.762 bits per heavy atom. The number of aromatic amines is 1. The van der Waals surface area contributed by atoms with E-state index >= 15 is 0 Å². The molecule has 0 amide bonds. The number of hydrogen-bond acceptors (Lipinski definition) is 0. The molecule has 0 spiro atoms. The molecule has 4 aromatic rings. The molecule has 0 unspecified atom stereocenters. The summed E-state index contributed by atoms with van der Waals surface area (Å²) in [5.41, 5.74) is 5.11. The Bertz CT molecular complexity index is 869. The van der Waals surface area contributed by atoms with E-state index in [1.165, 1.54) is 27.7 Å². The predicted molar refractivity (Wildman–Crippen MR) is 86.9 cm³/mol. The highest BCUT2D eigenvalue weighted by molar-refractivity contribution is 5.83. The molecule has 0 radical (unpaired) electrons. The van der Waals surface area contributed by atoms with Crippen LogP contribution >= 0.6 is 0 Å². The summed E-state index contributed by atoms with van der Waals surface area (Å²) in [7, 11) is 0. The zero-order chi connectivity index (χ0) is 14.1. The minimum atomic E-state index is 0.929. The highest BCUT2D eigenvalue weighted by Crippen LogP contribution is 2.24. The van der Waals surface area contributed by atoms with Gasteiger partial charge in [0, 0.05) is 41.6 Å². The number of nitrogens with one attached hydrogen (secondary N) is 1. The largest absolute Gasteiger partial charge is 0.361 e. The van der Waals surface area contributed by atoms with Gasteiger partial charge in [-0.25, -0.2) is 0 Å². The normalized spacial score (nSPS) is 11.0. The van der Waals surface area contributed by atoms with Crippen LogP contribution in [0.5, 0.6) is 0 Å². The third-order valence-electron chi connectivity index (χ3n) is 3.93. The average Bonchev–Trinajstić information content (AvgIpc) is 3.18. The van der Waals surface area contributed by atoms with Crippen LogP contribution < -0.4 is 0 Å². The lowest BCUT2D eigenvalue weighted by molar-refractivity contribution is 1.03. The Labute approximate surface area is 123 Å². The van der Waals surface area contributed by atoms with Crippen molar-refractivity contribution in [3.05, 3.63) is 90.4 Å². The second-order valence-electron chi connectivity index (χ2n) is 5.26. The van der Waals surface area contributed by atoms with Gasteiger partial charge in [-0.3, -0.25) is 0 Å². The first-order chi connectivity index (χ1) is 10.4. The molecule has 0 saturated heterocycles. The van der Waals surface area contributed by atoms with Gasteiger partial charge in [0.15, 0.2) is 0 Å². The van der Waals surface area contributed by atoms with Crippen LogP contribution in [0, 0.1) is 0 Å². The van der Waals surface area contributed by atoms with Gasteiger partial charge in [0.25, 0.3) is 0 Å². The molecule has 2 heterocycles. The fraction of sp³-hybridized carbons (Fsp3) is 0.0526. The molecule has 1 N–H and O–H groups in total. The highest BCUT2D eigenvalue weighted by atomic mass is 14.9. The van der Waals surface area contributed by atoms with Crippen LogP contribution in [0.25, 0.3) is 16.6 Å². The zero-order valence-corrected chi connectivity index (χ0v) is 11.7. The minimum Gasteiger partial charge on any atom is -0.361 e. The van der Waals surface area contributed by atoms with Crippen molar-refractivity contribution in [2.45, 2.75) is 6.42 Å². The van der Waals surface area contributed by atoms with Gasteiger partial charge in [-0.15, -0.1) is 0 Å². The lowest BCUT2D eigenvalue weighted by Gasteiger charge is -2.10. The van der Waals surface area contributed by atoms with Gasteiger partial charge in [0.1, 0.15) is 0 Å². The van der Waals surface area contributed by atoms with E-state index in [4.69, 9.17) is 0 Å². The van der Waals surface area contributed by atoms with E-state index < -0.39 is 0 Å². The lowest BCUT2D eigenvalue weighted by atomic mass is 10.0. The van der Waals surface area contributed by atoms with Crippen LogP contribution in [0.3, 0.4) is 0 Å². The number of fused-ring (bicyclic) bond motifs is 1. The number of rotatable bonds is 3. The summed E-state index contributed by atoms with van der Waals surface area (Å²) >= 11 is 0. The second kappa shape index (κ2) is 4.98. The van der Waals surface area contributed by atoms with Crippen LogP contribution in [0.2, 0.25) is 0 Å². The van der Waals surface area contributed by atoms with Gasteiger partial charge in [-0.05, 0) is 35.4 Å². The van der Waals surface area contributed by atoms with Crippen LogP contribution in [0.4, 0.5) is 0 Å². The van der Waals surface area contributed by atoms with Gasteiger partial charge in [-0.1, -0.05) is 36.4 Å². The molecule has 102 valence electrons. The topological polar surface area (TPSA) is 20.7 Å². The van der Waals surface area contributed by atoms with Crippen LogP contribution in [-0.4, -0.2) is 9.55 Å². The molecule has 4 rings (SSSR count). The summed E-state index contributed by atoms with van der Waals surface area (Å²) in [4.78, 5) is 3.36. The molecular formula is C19H16N2. The predicted octanol–water partition coefficient (Wildman–Crippen LogP) is 4.55. The maximum absolute atomic E-state index is 3.36. The molecule has 0 bridgehead atoms. The lowest BCUT2D eigenvalue weighted by Crippen LogP contribution is -1.97. The second-order valence-corrected chi connectivity index (χ2v) is 5.26. The number of para-hydroxylation sites is 2. The van der Waals surface area contributed by atoms with Crippen molar-refractivity contribution in [1.82, 2.24) is 9.55 Å². The minimum absolute atomic E-state index is 0.929. The fourth-order valence-corrected chi connectivity index (χ4v) is 2.89. The Kier molecular flexibility index (Phi) is 2.86. The number of aromatic nitrogens is 2. The van der Waals surface area contributed by atoms with Crippen molar-refractivity contribution in [3.63, 3.8) is 0 Å². The Morgan fingerprint density at radius 2 is 1.52 bits per heavy atom. The first-order valence-corrected chi connectivity index (χ1v) is 7.18. The number of nitrogens with zero attached hydrogens (tertiary/aromatic N) is 1. The van der Waals surface area contributed by atoms with Crippen molar-refractivity contribution >= 4 is 10.9 Å². The Hall–Kier alpha value is -2.74. The van der Waals surface area contributed by atoms with Crippen molar-refractivity contribution in [2.24, 2.45) is 0 Å². The molecule has 2 aromatic carbocycles. The smallest absolute Gasteiger partial charge is 0.0484 e. The first-order valence-electron chi connectivity index (χ1n) is 7.18. The molecule has 2 heteroatoms. The molecule has 2 aromatic heterocycles. The van der Waals surface area contributed by atoms with E-state index in [2.05, 4.69) is 88.8 Å². The van der Waals surface area contributed by atoms with E-state index in [9.17, 15) is 0 Å². The SMILES string of the molecule is c1ccc(-n2cccc2)c(Cc2c[nH]c3ccccc23)c1. The van der Waals surface area contributed by atoms with E-state index in [0.717, 1.165) is 6.42 Å². The quantitative estimate of drug-likeness (QED) is 0.565. The van der Waals surface area contributed by atoms with E-state index in [-0.39, 0.29) is 0 Å². The molecule has 2 nitrogen and oxygen atoms in total. The number of hydrogen-bond donors (Lipinski definition) is 1. The molecule has 0 aliphatic carbocycles. The third-order valence-corrected chi connectivity index (χ3v) is 3.93. The average molecular weight is 272 g/mol. The summed E-state index contributed by atoms with van der Waals surface area (Å²) in [6.45, 7) is 0. The molecule has 0 aliphatic heterocycles. The van der Waals surface area contributed by atoms with Gasteiger partial charge < -0.3 is 9.55 Å². The summed E-state index contributed by atoms with van der Waals surface area (Å²) < 4.78 is 2.17. The van der Waals surface area contributed by atoms with E-state index in [1.807, 2.05) is 0 Å². The van der Waals surface area contributed by atoms with Crippen molar-refractivity contribution in [3.8, 4) is 5.69 Å². The fourth-order valence-electron chi connectivity index (χ4n) is 2.89. The molecule has 0 saturated carbocycles.